The number of likely N-dealkylation sites (tertiary alicyclic amines) is 1. The van der Waals surface area contributed by atoms with Crippen LogP contribution in [0.2, 0.25) is 0 Å². The second-order valence-electron chi connectivity index (χ2n) is 6.42. The Morgan fingerprint density at radius 1 is 1.32 bits per heavy atom. The molecule has 0 N–H and O–H groups in total. The van der Waals surface area contributed by atoms with Gasteiger partial charge in [-0.25, -0.2) is 0 Å². The summed E-state index contributed by atoms with van der Waals surface area (Å²) in [5.41, 5.74) is 0.865. The van der Waals surface area contributed by atoms with Crippen molar-refractivity contribution in [2.24, 2.45) is 5.92 Å². The molecule has 7 heteroatoms. The summed E-state index contributed by atoms with van der Waals surface area (Å²) in [7, 11) is 1.64. The molecule has 2 aromatic rings. The minimum Gasteiger partial charge on any atom is -0.495 e. The van der Waals surface area contributed by atoms with E-state index in [1.807, 2.05) is 40.7 Å². The summed E-state index contributed by atoms with van der Waals surface area (Å²) in [6.07, 6.45) is 3.82. The number of carbonyl (C=O) groups is 1. The van der Waals surface area contributed by atoms with Crippen LogP contribution in [0.25, 0.3) is 5.69 Å². The smallest absolute Gasteiger partial charge is 0.235 e. The molecule has 1 unspecified atom stereocenters. The van der Waals surface area contributed by atoms with Crippen molar-refractivity contribution in [3.63, 3.8) is 0 Å². The standard InChI is InChI=1S/C18H24N4O2S/c1-13-8-10-21(11-9-13)17(23)14(2)25-18-20-19-12-22(18)15-6-4-5-7-16(15)24-3/h4-7,12-14H,8-11H2,1-3H3. The number of hydrogen-bond donors (Lipinski definition) is 0. The normalized spacial score (nSPS) is 16.7. The number of piperidine rings is 1. The van der Waals surface area contributed by atoms with Gasteiger partial charge in [0.05, 0.1) is 18.0 Å². The maximum Gasteiger partial charge on any atom is 0.235 e. The first kappa shape index (κ1) is 17.8. The van der Waals surface area contributed by atoms with Crippen LogP contribution in [0.4, 0.5) is 0 Å². The largest absolute Gasteiger partial charge is 0.495 e. The summed E-state index contributed by atoms with van der Waals surface area (Å²) in [4.78, 5) is 14.7. The van der Waals surface area contributed by atoms with Crippen LogP contribution >= 0.6 is 11.8 Å². The monoisotopic (exact) mass is 360 g/mol. The van der Waals surface area contributed by atoms with Gasteiger partial charge in [-0.05, 0) is 37.8 Å². The highest BCUT2D eigenvalue weighted by atomic mass is 32.2. The third-order valence-corrected chi connectivity index (χ3v) is 5.63. The second-order valence-corrected chi connectivity index (χ2v) is 7.73. The highest BCUT2D eigenvalue weighted by Crippen LogP contribution is 2.29. The molecule has 1 amide bonds. The maximum atomic E-state index is 12.7. The Hall–Kier alpha value is -2.02. The molecule has 0 saturated carbocycles. The number of amides is 1. The third-order valence-electron chi connectivity index (χ3n) is 4.59. The second kappa shape index (κ2) is 7.91. The average Bonchev–Trinajstić information content (AvgIpc) is 3.09. The lowest BCUT2D eigenvalue weighted by Crippen LogP contribution is -2.41. The van der Waals surface area contributed by atoms with Crippen LogP contribution in [-0.2, 0) is 4.79 Å². The van der Waals surface area contributed by atoms with Gasteiger partial charge in [-0.1, -0.05) is 30.8 Å². The summed E-state index contributed by atoms with van der Waals surface area (Å²) in [6.45, 7) is 5.89. The van der Waals surface area contributed by atoms with E-state index in [1.165, 1.54) is 11.8 Å². The Morgan fingerprint density at radius 2 is 2.04 bits per heavy atom. The number of rotatable bonds is 5. The zero-order chi connectivity index (χ0) is 17.8. The lowest BCUT2D eigenvalue weighted by Gasteiger charge is -2.31. The molecule has 0 spiro atoms. The molecule has 1 saturated heterocycles. The predicted octanol–water partition coefficient (Wildman–Crippen LogP) is 3.02. The number of ether oxygens (including phenoxy) is 1. The van der Waals surface area contributed by atoms with Gasteiger partial charge in [0.25, 0.3) is 0 Å². The lowest BCUT2D eigenvalue weighted by atomic mass is 9.99. The Bertz CT molecular complexity index is 725. The minimum atomic E-state index is -0.203. The first-order valence-electron chi connectivity index (χ1n) is 8.59. The summed E-state index contributed by atoms with van der Waals surface area (Å²) in [6, 6.07) is 7.71. The van der Waals surface area contributed by atoms with Crippen molar-refractivity contribution in [1.29, 1.82) is 0 Å². The van der Waals surface area contributed by atoms with E-state index in [0.717, 1.165) is 37.4 Å². The molecule has 1 aromatic heterocycles. The first-order chi connectivity index (χ1) is 12.1. The zero-order valence-corrected chi connectivity index (χ0v) is 15.7. The molecular weight excluding hydrogens is 336 g/mol. The summed E-state index contributed by atoms with van der Waals surface area (Å²) >= 11 is 1.44. The molecule has 1 atom stereocenters. The van der Waals surface area contributed by atoms with Crippen LogP contribution in [0.3, 0.4) is 0 Å². The van der Waals surface area contributed by atoms with Gasteiger partial charge in [-0.3, -0.25) is 9.36 Å². The number of thioether (sulfide) groups is 1. The molecule has 1 aromatic carbocycles. The molecule has 6 nitrogen and oxygen atoms in total. The Morgan fingerprint density at radius 3 is 2.76 bits per heavy atom. The topological polar surface area (TPSA) is 60.2 Å². The van der Waals surface area contributed by atoms with E-state index in [-0.39, 0.29) is 11.2 Å². The first-order valence-corrected chi connectivity index (χ1v) is 9.47. The van der Waals surface area contributed by atoms with Crippen molar-refractivity contribution < 1.29 is 9.53 Å². The van der Waals surface area contributed by atoms with Crippen molar-refractivity contribution in [2.75, 3.05) is 20.2 Å². The molecule has 1 fully saturated rings. The fourth-order valence-corrected chi connectivity index (χ4v) is 3.91. The van der Waals surface area contributed by atoms with Crippen LogP contribution in [0.15, 0.2) is 35.7 Å². The average molecular weight is 360 g/mol. The highest BCUT2D eigenvalue weighted by molar-refractivity contribution is 8.00. The van der Waals surface area contributed by atoms with E-state index < -0.39 is 0 Å². The molecular formula is C18H24N4O2S. The molecule has 1 aliphatic rings. The fraction of sp³-hybridized carbons (Fsp3) is 0.500. The molecule has 25 heavy (non-hydrogen) atoms. The van der Waals surface area contributed by atoms with E-state index in [9.17, 15) is 4.79 Å². The quantitative estimate of drug-likeness (QED) is 0.767. The van der Waals surface area contributed by atoms with Crippen LogP contribution in [0.5, 0.6) is 5.75 Å². The van der Waals surface area contributed by atoms with E-state index in [1.54, 1.807) is 13.4 Å². The van der Waals surface area contributed by atoms with E-state index in [2.05, 4.69) is 17.1 Å². The number of hydrogen-bond acceptors (Lipinski definition) is 5. The maximum absolute atomic E-state index is 12.7. The molecule has 1 aliphatic heterocycles. The van der Waals surface area contributed by atoms with Crippen molar-refractivity contribution in [2.45, 2.75) is 37.1 Å². The van der Waals surface area contributed by atoms with E-state index in [4.69, 9.17) is 4.74 Å². The van der Waals surface area contributed by atoms with Crippen molar-refractivity contribution in [3.05, 3.63) is 30.6 Å². The van der Waals surface area contributed by atoms with Gasteiger partial charge in [-0.15, -0.1) is 10.2 Å². The van der Waals surface area contributed by atoms with Gasteiger partial charge < -0.3 is 9.64 Å². The Labute approximate surface area is 152 Å². The molecule has 134 valence electrons. The van der Waals surface area contributed by atoms with Crippen LogP contribution in [0, 0.1) is 5.92 Å². The molecule has 0 aliphatic carbocycles. The molecule has 2 heterocycles. The lowest BCUT2D eigenvalue weighted by molar-refractivity contribution is -0.131. The Balaban J connectivity index is 1.73. The third kappa shape index (κ3) is 3.98. The van der Waals surface area contributed by atoms with Crippen LogP contribution in [-0.4, -0.2) is 51.0 Å². The van der Waals surface area contributed by atoms with Gasteiger partial charge >= 0.3 is 0 Å². The van der Waals surface area contributed by atoms with Crippen molar-refractivity contribution in [1.82, 2.24) is 19.7 Å². The van der Waals surface area contributed by atoms with Gasteiger partial charge in [0.2, 0.25) is 5.91 Å². The van der Waals surface area contributed by atoms with Crippen molar-refractivity contribution in [3.8, 4) is 11.4 Å². The predicted molar refractivity (Wildman–Crippen MR) is 98.2 cm³/mol. The van der Waals surface area contributed by atoms with Gasteiger partial charge in [0.15, 0.2) is 5.16 Å². The number of nitrogens with zero attached hydrogens (tertiary/aromatic N) is 4. The molecule has 0 bridgehead atoms. The number of methoxy groups -OCH3 is 1. The van der Waals surface area contributed by atoms with Gasteiger partial charge in [0, 0.05) is 13.1 Å². The summed E-state index contributed by atoms with van der Waals surface area (Å²) in [5.74, 6) is 1.63. The molecule has 0 radical (unpaired) electrons. The Kier molecular flexibility index (Phi) is 5.63. The minimum absolute atomic E-state index is 0.173. The SMILES string of the molecule is COc1ccccc1-n1cnnc1SC(C)C(=O)N1CCC(C)CC1. The van der Waals surface area contributed by atoms with Crippen LogP contribution < -0.4 is 4.74 Å². The fourth-order valence-electron chi connectivity index (χ4n) is 2.99. The van der Waals surface area contributed by atoms with Crippen LogP contribution in [0.1, 0.15) is 26.7 Å². The number of benzene rings is 1. The van der Waals surface area contributed by atoms with Gasteiger partial charge in [-0.2, -0.15) is 0 Å². The zero-order valence-electron chi connectivity index (χ0n) is 14.9. The van der Waals surface area contributed by atoms with Gasteiger partial charge in [0.1, 0.15) is 12.1 Å². The number of carbonyl (C=O) groups excluding carboxylic acids is 1. The summed E-state index contributed by atoms with van der Waals surface area (Å²) in [5, 5.41) is 8.71. The highest BCUT2D eigenvalue weighted by Gasteiger charge is 2.26. The number of aromatic nitrogens is 3. The van der Waals surface area contributed by atoms with E-state index >= 15 is 0 Å². The number of para-hydroxylation sites is 2. The summed E-state index contributed by atoms with van der Waals surface area (Å²) < 4.78 is 7.29. The van der Waals surface area contributed by atoms with E-state index in [0.29, 0.717) is 11.1 Å². The van der Waals surface area contributed by atoms with Crippen molar-refractivity contribution >= 4 is 17.7 Å². The molecule has 3 rings (SSSR count).